The maximum atomic E-state index is 12.5. The van der Waals surface area contributed by atoms with Crippen molar-refractivity contribution >= 4 is 22.7 Å². The van der Waals surface area contributed by atoms with E-state index in [4.69, 9.17) is 9.47 Å². The minimum absolute atomic E-state index is 0.360. The molecule has 0 aliphatic carbocycles. The molecule has 0 saturated carbocycles. The van der Waals surface area contributed by atoms with Crippen molar-refractivity contribution in [2.24, 2.45) is 0 Å². The van der Waals surface area contributed by atoms with E-state index in [0.717, 1.165) is 23.7 Å². The van der Waals surface area contributed by atoms with Crippen molar-refractivity contribution in [1.29, 1.82) is 0 Å². The summed E-state index contributed by atoms with van der Waals surface area (Å²) in [7, 11) is 0. The molecule has 0 atom stereocenters. The van der Waals surface area contributed by atoms with Gasteiger partial charge in [-0.2, -0.15) is 0 Å². The van der Waals surface area contributed by atoms with Gasteiger partial charge in [-0.3, -0.25) is 20.4 Å². The molecule has 0 radical (unpaired) electrons. The molecule has 3 rings (SSSR count). The molecule has 7 heteroatoms. The third-order valence-corrected chi connectivity index (χ3v) is 4.25. The van der Waals surface area contributed by atoms with Crippen LogP contribution in [0, 0.1) is 0 Å². The topological polar surface area (TPSA) is 92.5 Å². The van der Waals surface area contributed by atoms with Crippen molar-refractivity contribution in [3.05, 3.63) is 59.8 Å². The molecule has 0 aliphatic rings. The average Bonchev–Trinajstić information content (AvgIpc) is 3.18. The molecular weight excluding hydrogens is 370 g/mol. The number of hydrogen-bond donors (Lipinski definition) is 3. The third kappa shape index (κ3) is 4.87. The van der Waals surface area contributed by atoms with Gasteiger partial charge in [-0.25, -0.2) is 0 Å². The fourth-order valence-electron chi connectivity index (χ4n) is 2.82. The smallest absolute Gasteiger partial charge is 0.271 e. The summed E-state index contributed by atoms with van der Waals surface area (Å²) in [5.41, 5.74) is 6.57. The molecule has 0 unspecified atom stereocenters. The Kier molecular flexibility index (Phi) is 6.73. The first-order valence-corrected chi connectivity index (χ1v) is 9.70. The number of benzene rings is 2. The number of para-hydroxylation sites is 1. The second-order valence-electron chi connectivity index (χ2n) is 6.51. The van der Waals surface area contributed by atoms with Gasteiger partial charge in [0.1, 0.15) is 0 Å². The maximum absolute atomic E-state index is 12.5. The normalized spacial score (nSPS) is 10.6. The molecule has 3 N–H and O–H groups in total. The van der Waals surface area contributed by atoms with Crippen LogP contribution in [0.2, 0.25) is 0 Å². The lowest BCUT2D eigenvalue weighted by atomic mass is 10.1. The van der Waals surface area contributed by atoms with Crippen molar-refractivity contribution in [2.45, 2.75) is 26.7 Å². The van der Waals surface area contributed by atoms with Gasteiger partial charge in [0, 0.05) is 22.7 Å². The second-order valence-corrected chi connectivity index (χ2v) is 6.51. The summed E-state index contributed by atoms with van der Waals surface area (Å²) in [6, 6.07) is 12.4. The van der Waals surface area contributed by atoms with Crippen LogP contribution in [0.1, 0.15) is 47.4 Å². The van der Waals surface area contributed by atoms with Crippen LogP contribution >= 0.6 is 0 Å². The number of carbonyl (C=O) groups is 2. The molecule has 0 spiro atoms. The number of rotatable bonds is 8. The van der Waals surface area contributed by atoms with Crippen LogP contribution in [-0.4, -0.2) is 30.0 Å². The van der Waals surface area contributed by atoms with E-state index in [0.29, 0.717) is 35.8 Å². The number of amides is 2. The Hall–Kier alpha value is -3.48. The molecule has 0 fully saturated rings. The first kappa shape index (κ1) is 20.3. The van der Waals surface area contributed by atoms with E-state index >= 15 is 0 Å². The Bertz CT molecular complexity index is 997. The quantitative estimate of drug-likeness (QED) is 0.506. The third-order valence-electron chi connectivity index (χ3n) is 4.25. The van der Waals surface area contributed by atoms with E-state index in [9.17, 15) is 9.59 Å². The Balaban J connectivity index is 1.68. The summed E-state index contributed by atoms with van der Waals surface area (Å²) < 4.78 is 11.4. The lowest BCUT2D eigenvalue weighted by Crippen LogP contribution is -2.41. The molecule has 0 bridgehead atoms. The molecule has 0 saturated heterocycles. The largest absolute Gasteiger partial charge is 0.490 e. The molecular formula is C22H25N3O4. The minimum atomic E-state index is -0.443. The summed E-state index contributed by atoms with van der Waals surface area (Å²) in [6.07, 6.45) is 3.32. The number of ether oxygens (including phenoxy) is 2. The Labute approximate surface area is 169 Å². The summed E-state index contributed by atoms with van der Waals surface area (Å²) in [5, 5.41) is 0.784. The molecule has 1 aromatic heterocycles. The summed E-state index contributed by atoms with van der Waals surface area (Å²) >= 11 is 0. The number of fused-ring (bicyclic) bond motifs is 1. The summed E-state index contributed by atoms with van der Waals surface area (Å²) in [6.45, 7) is 5.10. The van der Waals surface area contributed by atoms with Crippen LogP contribution < -0.4 is 20.3 Å². The van der Waals surface area contributed by atoms with Crippen molar-refractivity contribution in [1.82, 2.24) is 15.8 Å². The zero-order valence-electron chi connectivity index (χ0n) is 16.6. The Morgan fingerprint density at radius 2 is 1.59 bits per heavy atom. The molecule has 1 heterocycles. The van der Waals surface area contributed by atoms with Crippen molar-refractivity contribution in [3.63, 3.8) is 0 Å². The predicted molar refractivity (Wildman–Crippen MR) is 111 cm³/mol. The van der Waals surface area contributed by atoms with E-state index in [1.165, 1.54) is 0 Å². The van der Waals surface area contributed by atoms with Gasteiger partial charge in [0.05, 0.1) is 18.8 Å². The van der Waals surface area contributed by atoms with Gasteiger partial charge in [-0.1, -0.05) is 32.0 Å². The zero-order valence-corrected chi connectivity index (χ0v) is 16.6. The lowest BCUT2D eigenvalue weighted by Gasteiger charge is -2.14. The molecule has 29 heavy (non-hydrogen) atoms. The van der Waals surface area contributed by atoms with Crippen molar-refractivity contribution in [2.75, 3.05) is 13.2 Å². The minimum Gasteiger partial charge on any atom is -0.490 e. The number of aromatic amines is 1. The van der Waals surface area contributed by atoms with Gasteiger partial charge >= 0.3 is 0 Å². The van der Waals surface area contributed by atoms with E-state index in [2.05, 4.69) is 15.8 Å². The van der Waals surface area contributed by atoms with Crippen LogP contribution in [0.5, 0.6) is 11.5 Å². The standard InChI is InChI=1S/C22H25N3O4/c1-3-11-28-19-10-9-15(13-20(19)29-12-4-2)21(26)24-25-22(27)17-14-23-18-8-6-5-7-16(17)18/h5-10,13-14,23H,3-4,11-12H2,1-2H3,(H,24,26)(H,25,27). The fraction of sp³-hybridized carbons (Fsp3) is 0.273. The molecule has 152 valence electrons. The van der Waals surface area contributed by atoms with Crippen LogP contribution in [0.4, 0.5) is 0 Å². The number of nitrogens with one attached hydrogen (secondary N) is 3. The van der Waals surface area contributed by atoms with Gasteiger partial charge < -0.3 is 14.5 Å². The van der Waals surface area contributed by atoms with Crippen molar-refractivity contribution in [3.8, 4) is 11.5 Å². The summed E-state index contributed by atoms with van der Waals surface area (Å²) in [4.78, 5) is 28.0. The lowest BCUT2D eigenvalue weighted by molar-refractivity contribution is 0.0847. The highest BCUT2D eigenvalue weighted by Gasteiger charge is 2.15. The molecule has 3 aromatic rings. The highest BCUT2D eigenvalue weighted by atomic mass is 16.5. The Morgan fingerprint density at radius 3 is 2.34 bits per heavy atom. The van der Waals surface area contributed by atoms with E-state index < -0.39 is 11.8 Å². The van der Waals surface area contributed by atoms with Gasteiger partial charge in [0.25, 0.3) is 11.8 Å². The average molecular weight is 395 g/mol. The molecule has 2 aromatic carbocycles. The number of hydrogen-bond acceptors (Lipinski definition) is 4. The van der Waals surface area contributed by atoms with E-state index in [1.54, 1.807) is 24.4 Å². The first-order chi connectivity index (χ1) is 14.1. The summed E-state index contributed by atoms with van der Waals surface area (Å²) in [5.74, 6) is 0.262. The molecule has 0 aliphatic heterocycles. The maximum Gasteiger partial charge on any atom is 0.271 e. The molecule has 2 amide bonds. The SMILES string of the molecule is CCCOc1ccc(C(=O)NNC(=O)c2c[nH]c3ccccc23)cc1OCCC. The number of hydrazine groups is 1. The van der Waals surface area contributed by atoms with Crippen LogP contribution in [-0.2, 0) is 0 Å². The van der Waals surface area contributed by atoms with Crippen LogP contribution in [0.15, 0.2) is 48.7 Å². The highest BCUT2D eigenvalue weighted by Crippen LogP contribution is 2.29. The number of H-pyrrole nitrogens is 1. The van der Waals surface area contributed by atoms with Crippen LogP contribution in [0.3, 0.4) is 0 Å². The van der Waals surface area contributed by atoms with Crippen LogP contribution in [0.25, 0.3) is 10.9 Å². The second kappa shape index (κ2) is 9.64. The van der Waals surface area contributed by atoms with Gasteiger partial charge in [-0.15, -0.1) is 0 Å². The Morgan fingerprint density at radius 1 is 0.897 bits per heavy atom. The zero-order chi connectivity index (χ0) is 20.6. The van der Waals surface area contributed by atoms with Gasteiger partial charge in [0.2, 0.25) is 0 Å². The first-order valence-electron chi connectivity index (χ1n) is 9.70. The van der Waals surface area contributed by atoms with E-state index in [-0.39, 0.29) is 0 Å². The number of carbonyl (C=O) groups excluding carboxylic acids is 2. The predicted octanol–water partition coefficient (Wildman–Crippen LogP) is 3.82. The van der Waals surface area contributed by atoms with E-state index in [1.807, 2.05) is 38.1 Å². The number of aromatic nitrogens is 1. The molecule has 7 nitrogen and oxygen atoms in total. The monoisotopic (exact) mass is 395 g/mol. The fourth-order valence-corrected chi connectivity index (χ4v) is 2.82. The van der Waals surface area contributed by atoms with Crippen molar-refractivity contribution < 1.29 is 19.1 Å². The van der Waals surface area contributed by atoms with Gasteiger partial charge in [-0.05, 0) is 37.1 Å². The highest BCUT2D eigenvalue weighted by molar-refractivity contribution is 6.07. The van der Waals surface area contributed by atoms with Gasteiger partial charge in [0.15, 0.2) is 11.5 Å².